The maximum Gasteiger partial charge on any atom is 0.251 e. The van der Waals surface area contributed by atoms with E-state index < -0.39 is 15.9 Å². The molecule has 1 aromatic carbocycles. The highest BCUT2D eigenvalue weighted by molar-refractivity contribution is 7.89. The van der Waals surface area contributed by atoms with E-state index in [0.717, 1.165) is 32.2 Å². The second-order valence-electron chi connectivity index (χ2n) is 8.73. The molecule has 2 fully saturated rings. The van der Waals surface area contributed by atoms with Crippen molar-refractivity contribution in [2.45, 2.75) is 68.0 Å². The summed E-state index contributed by atoms with van der Waals surface area (Å²) in [6.07, 6.45) is 4.28. The maximum atomic E-state index is 13.3. The second kappa shape index (κ2) is 9.80. The minimum atomic E-state index is -3.67. The molecule has 2 N–H and O–H groups in total. The summed E-state index contributed by atoms with van der Waals surface area (Å²) < 4.78 is 55.1. The van der Waals surface area contributed by atoms with Gasteiger partial charge in [0.1, 0.15) is 10.7 Å². The smallest absolute Gasteiger partial charge is 0.251 e. The van der Waals surface area contributed by atoms with Gasteiger partial charge in [-0.1, -0.05) is 30.3 Å². The molecule has 0 unspecified atom stereocenters. The van der Waals surface area contributed by atoms with E-state index in [1.165, 1.54) is 17.8 Å². The number of aromatic nitrogens is 1. The van der Waals surface area contributed by atoms with Gasteiger partial charge in [0, 0.05) is 50.8 Å². The number of pyridine rings is 1. The van der Waals surface area contributed by atoms with Crippen molar-refractivity contribution in [1.29, 1.82) is 0 Å². The fourth-order valence-electron chi connectivity index (χ4n) is 4.34. The third-order valence-electron chi connectivity index (χ3n) is 6.34. The summed E-state index contributed by atoms with van der Waals surface area (Å²) in [6.45, 7) is 1.24. The number of nitrogens with one attached hydrogen (secondary N) is 2. The fourth-order valence-corrected chi connectivity index (χ4v) is 5.59. The Morgan fingerprint density at radius 3 is 2.25 bits per heavy atom. The first-order chi connectivity index (χ1) is 15.3. The van der Waals surface area contributed by atoms with Gasteiger partial charge >= 0.3 is 0 Å². The number of hydrogen-bond donors (Lipinski definition) is 2. The average molecular weight is 465 g/mol. The Kier molecular flexibility index (Phi) is 7.07. The van der Waals surface area contributed by atoms with Crippen molar-refractivity contribution in [3.8, 4) is 0 Å². The average Bonchev–Trinajstić information content (AvgIpc) is 2.79. The van der Waals surface area contributed by atoms with Gasteiger partial charge in [-0.25, -0.2) is 26.9 Å². The summed E-state index contributed by atoms with van der Waals surface area (Å²) in [7, 11) is -3.67. The first-order valence-electron chi connectivity index (χ1n) is 11.2. The van der Waals surface area contributed by atoms with Gasteiger partial charge < -0.3 is 10.2 Å². The molecule has 1 saturated carbocycles. The topological polar surface area (TPSA) is 74.3 Å². The number of alkyl halides is 2. The van der Waals surface area contributed by atoms with E-state index in [-0.39, 0.29) is 36.9 Å². The fraction of sp³-hybridized carbons (Fsp3) is 0.522. The van der Waals surface area contributed by atoms with E-state index in [9.17, 15) is 17.2 Å². The van der Waals surface area contributed by atoms with Gasteiger partial charge in [-0.3, -0.25) is 0 Å². The minimum absolute atomic E-state index is 0.0984. The molecular weight excluding hydrogens is 434 g/mol. The molecule has 1 aromatic heterocycles. The van der Waals surface area contributed by atoms with Gasteiger partial charge in [0.2, 0.25) is 10.0 Å². The lowest BCUT2D eigenvalue weighted by Gasteiger charge is -2.32. The number of sulfonamides is 1. The number of halogens is 2. The second-order valence-corrected chi connectivity index (χ2v) is 10.4. The summed E-state index contributed by atoms with van der Waals surface area (Å²) in [6, 6.07) is 13.6. The monoisotopic (exact) mass is 464 g/mol. The molecule has 2 aliphatic rings. The number of hydrogen-bond acceptors (Lipinski definition) is 5. The van der Waals surface area contributed by atoms with Crippen LogP contribution in [0.3, 0.4) is 0 Å². The zero-order chi connectivity index (χ0) is 22.6. The van der Waals surface area contributed by atoms with Gasteiger partial charge in [0.05, 0.1) is 0 Å². The molecule has 2 heterocycles. The number of nitrogens with zero attached hydrogens (tertiary/aromatic N) is 2. The largest absolute Gasteiger partial charge is 0.356 e. The van der Waals surface area contributed by atoms with Crippen molar-refractivity contribution < 1.29 is 17.2 Å². The Morgan fingerprint density at radius 2 is 1.62 bits per heavy atom. The van der Waals surface area contributed by atoms with Crippen LogP contribution in [0.25, 0.3) is 0 Å². The normalized spacial score (nSPS) is 23.8. The predicted octanol–water partition coefficient (Wildman–Crippen LogP) is 3.70. The molecular formula is C23H30F2N4O2S. The van der Waals surface area contributed by atoms with E-state index in [1.54, 1.807) is 11.0 Å². The summed E-state index contributed by atoms with van der Waals surface area (Å²) >= 11 is 0. The number of rotatable bonds is 7. The van der Waals surface area contributed by atoms with Crippen LogP contribution in [0.4, 0.5) is 14.6 Å². The molecule has 0 bridgehead atoms. The molecule has 0 amide bonds. The quantitative estimate of drug-likeness (QED) is 0.654. The Labute approximate surface area is 188 Å². The van der Waals surface area contributed by atoms with Crippen LogP contribution in [0.1, 0.15) is 44.1 Å². The third-order valence-corrected chi connectivity index (χ3v) is 7.84. The summed E-state index contributed by atoms with van der Waals surface area (Å²) in [4.78, 5) is 6.10. The van der Waals surface area contributed by atoms with Crippen LogP contribution in [-0.4, -0.2) is 44.5 Å². The lowest BCUT2D eigenvalue weighted by molar-refractivity contribution is -0.0221. The zero-order valence-electron chi connectivity index (χ0n) is 18.0. The molecule has 2 aromatic rings. The summed E-state index contributed by atoms with van der Waals surface area (Å²) in [5.74, 6) is -2.09. The standard InChI is InChI=1S/C23H30F2N4O2S/c24-23(25)12-14-29(15-13-23)22-11-10-21(17-27-22)32(30,31)28-20-8-6-19(7-9-20)26-16-18-4-2-1-3-5-18/h1-5,10-11,17,19-20,26,28H,6-9,12-16H2/t19-,20-. The molecule has 1 saturated heterocycles. The highest BCUT2D eigenvalue weighted by Crippen LogP contribution is 2.30. The van der Waals surface area contributed by atoms with Gasteiger partial charge in [0.15, 0.2) is 0 Å². The summed E-state index contributed by atoms with van der Waals surface area (Å²) in [5.41, 5.74) is 1.24. The van der Waals surface area contributed by atoms with Crippen molar-refractivity contribution in [1.82, 2.24) is 15.0 Å². The van der Waals surface area contributed by atoms with Gasteiger partial charge in [-0.05, 0) is 43.4 Å². The van der Waals surface area contributed by atoms with Crippen LogP contribution in [0.5, 0.6) is 0 Å². The number of benzene rings is 1. The van der Waals surface area contributed by atoms with E-state index in [2.05, 4.69) is 27.2 Å². The number of piperidine rings is 1. The van der Waals surface area contributed by atoms with Crippen LogP contribution in [-0.2, 0) is 16.6 Å². The van der Waals surface area contributed by atoms with Crippen LogP contribution < -0.4 is 14.9 Å². The molecule has 0 radical (unpaired) electrons. The lowest BCUT2D eigenvalue weighted by Crippen LogP contribution is -2.42. The van der Waals surface area contributed by atoms with E-state index in [1.807, 2.05) is 18.2 Å². The Bertz CT molecular complexity index is 969. The lowest BCUT2D eigenvalue weighted by atomic mass is 9.92. The SMILES string of the molecule is O=S(=O)(N[C@H]1CC[C@H](NCc2ccccc2)CC1)c1ccc(N2CCC(F)(F)CC2)nc1. The molecule has 174 valence electrons. The number of anilines is 1. The van der Waals surface area contributed by atoms with Crippen LogP contribution in [0.15, 0.2) is 53.6 Å². The zero-order valence-corrected chi connectivity index (χ0v) is 18.8. The molecule has 9 heteroatoms. The maximum absolute atomic E-state index is 13.3. The first kappa shape index (κ1) is 23.1. The van der Waals surface area contributed by atoms with Crippen molar-refractivity contribution in [2.75, 3.05) is 18.0 Å². The van der Waals surface area contributed by atoms with E-state index in [4.69, 9.17) is 0 Å². The Morgan fingerprint density at radius 1 is 0.969 bits per heavy atom. The first-order valence-corrected chi connectivity index (χ1v) is 12.7. The van der Waals surface area contributed by atoms with Gasteiger partial charge in [-0.15, -0.1) is 0 Å². The van der Waals surface area contributed by atoms with Gasteiger partial charge in [-0.2, -0.15) is 0 Å². The molecule has 0 atom stereocenters. The predicted molar refractivity (Wildman–Crippen MR) is 120 cm³/mol. The van der Waals surface area contributed by atoms with Crippen LogP contribution >= 0.6 is 0 Å². The van der Waals surface area contributed by atoms with Crippen molar-refractivity contribution in [3.05, 3.63) is 54.2 Å². The molecule has 1 aliphatic carbocycles. The summed E-state index contributed by atoms with van der Waals surface area (Å²) in [5, 5.41) is 3.56. The Hall–Kier alpha value is -2.10. The highest BCUT2D eigenvalue weighted by Gasteiger charge is 2.34. The van der Waals surface area contributed by atoms with Gasteiger partial charge in [0.25, 0.3) is 5.92 Å². The van der Waals surface area contributed by atoms with Crippen molar-refractivity contribution in [2.24, 2.45) is 0 Å². The molecule has 6 nitrogen and oxygen atoms in total. The molecule has 32 heavy (non-hydrogen) atoms. The van der Waals surface area contributed by atoms with Crippen molar-refractivity contribution in [3.63, 3.8) is 0 Å². The third kappa shape index (κ3) is 6.02. The molecule has 1 aliphatic heterocycles. The van der Waals surface area contributed by atoms with Crippen LogP contribution in [0.2, 0.25) is 0 Å². The van der Waals surface area contributed by atoms with E-state index in [0.29, 0.717) is 11.9 Å². The minimum Gasteiger partial charge on any atom is -0.356 e. The highest BCUT2D eigenvalue weighted by atomic mass is 32.2. The van der Waals surface area contributed by atoms with E-state index >= 15 is 0 Å². The molecule has 4 rings (SSSR count). The molecule has 0 spiro atoms. The van der Waals surface area contributed by atoms with Crippen LogP contribution in [0, 0.1) is 0 Å². The Balaban J connectivity index is 1.26. The van der Waals surface area contributed by atoms with Crippen molar-refractivity contribution >= 4 is 15.8 Å².